The highest BCUT2D eigenvalue weighted by Crippen LogP contribution is 2.28. The van der Waals surface area contributed by atoms with E-state index in [1.807, 2.05) is 42.5 Å². The van der Waals surface area contributed by atoms with Gasteiger partial charge in [0.15, 0.2) is 11.5 Å². The van der Waals surface area contributed by atoms with E-state index >= 15 is 0 Å². The van der Waals surface area contributed by atoms with Gasteiger partial charge in [0, 0.05) is 25.2 Å². The third-order valence-corrected chi connectivity index (χ3v) is 5.74. The van der Waals surface area contributed by atoms with E-state index < -0.39 is 0 Å². The number of anilines is 1. The summed E-state index contributed by atoms with van der Waals surface area (Å²) >= 11 is 0. The van der Waals surface area contributed by atoms with Crippen LogP contribution in [0, 0.1) is 5.92 Å². The molecule has 9 heteroatoms. The van der Waals surface area contributed by atoms with E-state index in [1.165, 1.54) is 6.33 Å². The number of nitrogens with one attached hydrogen (secondary N) is 1. The summed E-state index contributed by atoms with van der Waals surface area (Å²) in [5.41, 5.74) is 2.80. The number of carbonyl (C=O) groups is 2. The minimum absolute atomic E-state index is 0.00110. The summed E-state index contributed by atoms with van der Waals surface area (Å²) in [4.78, 5) is 30.9. The fourth-order valence-electron chi connectivity index (χ4n) is 3.90. The molecule has 0 aliphatic carbocycles. The lowest BCUT2D eigenvalue weighted by molar-refractivity contribution is -0.128. The van der Waals surface area contributed by atoms with Crippen molar-refractivity contribution in [1.29, 1.82) is 0 Å². The quantitative estimate of drug-likeness (QED) is 0.539. The summed E-state index contributed by atoms with van der Waals surface area (Å²) < 4.78 is 12.3. The zero-order valence-electron chi connectivity index (χ0n) is 18.7. The van der Waals surface area contributed by atoms with Crippen LogP contribution in [0.4, 0.5) is 5.69 Å². The van der Waals surface area contributed by atoms with E-state index in [0.717, 1.165) is 11.1 Å². The van der Waals surface area contributed by atoms with E-state index in [4.69, 9.17) is 9.47 Å². The van der Waals surface area contributed by atoms with Crippen molar-refractivity contribution in [2.45, 2.75) is 19.4 Å². The minimum atomic E-state index is -0.363. The number of aromatic nitrogens is 3. The Hall–Kier alpha value is -3.88. The molecule has 33 heavy (non-hydrogen) atoms. The first kappa shape index (κ1) is 22.3. The summed E-state index contributed by atoms with van der Waals surface area (Å²) in [7, 11) is 3.19. The summed E-state index contributed by atoms with van der Waals surface area (Å²) in [6.07, 6.45) is 4.05. The van der Waals surface area contributed by atoms with Gasteiger partial charge in [-0.1, -0.05) is 18.2 Å². The van der Waals surface area contributed by atoms with Gasteiger partial charge in [-0.25, -0.2) is 9.67 Å². The van der Waals surface area contributed by atoms with E-state index in [2.05, 4.69) is 15.4 Å². The number of carbonyl (C=O) groups excluding carboxylic acids is 2. The van der Waals surface area contributed by atoms with Crippen LogP contribution in [0.1, 0.15) is 17.5 Å². The number of hydrogen-bond donors (Lipinski definition) is 1. The number of amides is 2. The molecule has 0 saturated carbocycles. The van der Waals surface area contributed by atoms with Gasteiger partial charge in [0.2, 0.25) is 11.8 Å². The van der Waals surface area contributed by atoms with Gasteiger partial charge in [0.1, 0.15) is 12.7 Å². The molecule has 1 aromatic heterocycles. The van der Waals surface area contributed by atoms with Crippen LogP contribution in [0.5, 0.6) is 11.5 Å². The second-order valence-corrected chi connectivity index (χ2v) is 7.96. The molecule has 2 heterocycles. The molecular weight excluding hydrogens is 422 g/mol. The molecule has 1 aliphatic heterocycles. The van der Waals surface area contributed by atoms with Gasteiger partial charge in [-0.3, -0.25) is 9.59 Å². The maximum Gasteiger partial charge on any atom is 0.229 e. The van der Waals surface area contributed by atoms with Crippen LogP contribution in [0.3, 0.4) is 0 Å². The van der Waals surface area contributed by atoms with Gasteiger partial charge < -0.3 is 19.7 Å². The van der Waals surface area contributed by atoms with Gasteiger partial charge in [-0.2, -0.15) is 5.10 Å². The molecular formula is C24H27N5O4. The number of ether oxygens (including phenoxy) is 2. The summed E-state index contributed by atoms with van der Waals surface area (Å²) in [6.45, 7) is 1.58. The second kappa shape index (κ2) is 10.2. The molecule has 4 rings (SSSR count). The first-order valence-electron chi connectivity index (χ1n) is 10.8. The van der Waals surface area contributed by atoms with E-state index in [9.17, 15) is 9.59 Å². The van der Waals surface area contributed by atoms with Crippen LogP contribution in [0.2, 0.25) is 0 Å². The molecule has 9 nitrogen and oxygen atoms in total. The lowest BCUT2D eigenvalue weighted by atomic mass is 10.1. The van der Waals surface area contributed by atoms with E-state index in [-0.39, 0.29) is 24.2 Å². The monoisotopic (exact) mass is 449 g/mol. The van der Waals surface area contributed by atoms with E-state index in [0.29, 0.717) is 43.2 Å². The average molecular weight is 450 g/mol. The molecule has 1 atom stereocenters. The number of hydrogen-bond acceptors (Lipinski definition) is 6. The normalized spacial score (nSPS) is 15.5. The molecule has 0 unspecified atom stereocenters. The van der Waals surface area contributed by atoms with Crippen molar-refractivity contribution >= 4 is 17.5 Å². The SMILES string of the molecule is COc1ccc(CCN2C[C@H](C(=O)Nc3ccc(Cn4cncn4)cc3)CC2=O)cc1OC. The highest BCUT2D eigenvalue weighted by atomic mass is 16.5. The molecule has 1 aliphatic rings. The lowest BCUT2D eigenvalue weighted by Gasteiger charge is -2.17. The highest BCUT2D eigenvalue weighted by Gasteiger charge is 2.34. The van der Waals surface area contributed by atoms with Crippen LogP contribution >= 0.6 is 0 Å². The zero-order chi connectivity index (χ0) is 23.2. The largest absolute Gasteiger partial charge is 0.493 e. The van der Waals surface area contributed by atoms with Crippen molar-refractivity contribution in [3.8, 4) is 11.5 Å². The Morgan fingerprint density at radius 2 is 1.85 bits per heavy atom. The Kier molecular flexibility index (Phi) is 6.87. The van der Waals surface area contributed by atoms with Gasteiger partial charge in [-0.05, 0) is 41.8 Å². The predicted octanol–water partition coefficient (Wildman–Crippen LogP) is 2.37. The highest BCUT2D eigenvalue weighted by molar-refractivity contribution is 5.97. The molecule has 172 valence electrons. The summed E-state index contributed by atoms with van der Waals surface area (Å²) in [5, 5.41) is 7.02. The minimum Gasteiger partial charge on any atom is -0.493 e. The fourth-order valence-corrected chi connectivity index (χ4v) is 3.90. The fraction of sp³-hybridized carbons (Fsp3) is 0.333. The smallest absolute Gasteiger partial charge is 0.229 e. The Bertz CT molecular complexity index is 1100. The standard InChI is InChI=1S/C24H27N5O4/c1-32-21-8-5-17(11-22(21)33-2)9-10-28-14-19(12-23(28)30)24(31)27-20-6-3-18(4-7-20)13-29-16-25-15-26-29/h3-8,11,15-16,19H,9-10,12-14H2,1-2H3,(H,27,31)/t19-/m1/s1. The topological polar surface area (TPSA) is 98.6 Å². The third kappa shape index (κ3) is 5.49. The molecule has 1 N–H and O–H groups in total. The summed E-state index contributed by atoms with van der Waals surface area (Å²) in [6, 6.07) is 13.3. The second-order valence-electron chi connectivity index (χ2n) is 7.96. The van der Waals surface area contributed by atoms with Crippen molar-refractivity contribution in [1.82, 2.24) is 19.7 Å². The van der Waals surface area contributed by atoms with Gasteiger partial charge in [-0.15, -0.1) is 0 Å². The molecule has 1 fully saturated rings. The molecule has 0 radical (unpaired) electrons. The number of benzene rings is 2. The molecule has 1 saturated heterocycles. The van der Waals surface area contributed by atoms with Crippen molar-refractivity contribution in [3.05, 3.63) is 66.2 Å². The van der Waals surface area contributed by atoms with Crippen LogP contribution in [-0.2, 0) is 22.6 Å². The van der Waals surface area contributed by atoms with Crippen molar-refractivity contribution in [2.75, 3.05) is 32.6 Å². The number of methoxy groups -OCH3 is 2. The van der Waals surface area contributed by atoms with Crippen molar-refractivity contribution in [3.63, 3.8) is 0 Å². The molecule has 3 aromatic rings. The number of rotatable bonds is 9. The molecule has 2 aromatic carbocycles. The van der Waals surface area contributed by atoms with Crippen LogP contribution in [0.15, 0.2) is 55.1 Å². The van der Waals surface area contributed by atoms with Crippen LogP contribution in [0.25, 0.3) is 0 Å². The lowest BCUT2D eigenvalue weighted by Crippen LogP contribution is -2.30. The van der Waals surface area contributed by atoms with Gasteiger partial charge in [0.25, 0.3) is 0 Å². The van der Waals surface area contributed by atoms with Gasteiger partial charge in [0.05, 0.1) is 26.7 Å². The molecule has 0 bridgehead atoms. The van der Waals surface area contributed by atoms with Crippen LogP contribution < -0.4 is 14.8 Å². The van der Waals surface area contributed by atoms with Crippen molar-refractivity contribution in [2.24, 2.45) is 5.92 Å². The maximum absolute atomic E-state index is 12.7. The molecule has 2 amide bonds. The Balaban J connectivity index is 1.29. The summed E-state index contributed by atoms with van der Waals surface area (Å²) in [5.74, 6) is 0.825. The first-order chi connectivity index (χ1) is 16.1. The van der Waals surface area contributed by atoms with Gasteiger partial charge >= 0.3 is 0 Å². The zero-order valence-corrected chi connectivity index (χ0v) is 18.7. The third-order valence-electron chi connectivity index (χ3n) is 5.74. The number of nitrogens with zero attached hydrogens (tertiary/aromatic N) is 4. The average Bonchev–Trinajstić information content (AvgIpc) is 3.48. The van der Waals surface area contributed by atoms with E-state index in [1.54, 1.807) is 30.1 Å². The maximum atomic E-state index is 12.7. The predicted molar refractivity (Wildman–Crippen MR) is 122 cm³/mol. The Morgan fingerprint density at radius 3 is 2.55 bits per heavy atom. The Morgan fingerprint density at radius 1 is 1.09 bits per heavy atom. The van der Waals surface area contributed by atoms with Crippen LogP contribution in [-0.4, -0.2) is 58.8 Å². The Labute approximate surface area is 192 Å². The molecule has 0 spiro atoms. The van der Waals surface area contributed by atoms with Crippen molar-refractivity contribution < 1.29 is 19.1 Å². The number of likely N-dealkylation sites (tertiary alicyclic amines) is 1. The first-order valence-corrected chi connectivity index (χ1v) is 10.8.